The van der Waals surface area contributed by atoms with Crippen LogP contribution in [0.2, 0.25) is 5.02 Å². The van der Waals surface area contributed by atoms with Gasteiger partial charge >= 0.3 is 0 Å². The molecule has 0 bridgehead atoms. The van der Waals surface area contributed by atoms with E-state index in [0.29, 0.717) is 24.6 Å². The summed E-state index contributed by atoms with van der Waals surface area (Å²) in [5.41, 5.74) is 3.82. The van der Waals surface area contributed by atoms with Crippen molar-refractivity contribution in [3.63, 3.8) is 0 Å². The quantitative estimate of drug-likeness (QED) is 0.545. The lowest BCUT2D eigenvalue weighted by molar-refractivity contribution is -0.126. The third-order valence-corrected chi connectivity index (χ3v) is 5.51. The van der Waals surface area contributed by atoms with E-state index in [1.807, 2.05) is 53.1 Å². The predicted molar refractivity (Wildman–Crippen MR) is 115 cm³/mol. The summed E-state index contributed by atoms with van der Waals surface area (Å²) in [6.07, 6.45) is 4.16. The summed E-state index contributed by atoms with van der Waals surface area (Å²) in [4.78, 5) is 21.5. The van der Waals surface area contributed by atoms with Crippen molar-refractivity contribution in [2.24, 2.45) is 5.92 Å². The van der Waals surface area contributed by atoms with Crippen LogP contribution in [0.5, 0.6) is 5.75 Å². The second-order valence-electron chi connectivity index (χ2n) is 7.31. The number of hydrogen-bond donors (Lipinski definition) is 1. The van der Waals surface area contributed by atoms with Crippen LogP contribution < -0.4 is 10.1 Å². The van der Waals surface area contributed by atoms with E-state index >= 15 is 0 Å². The Morgan fingerprint density at radius 3 is 2.93 bits per heavy atom. The van der Waals surface area contributed by atoms with E-state index in [-0.39, 0.29) is 11.8 Å². The summed E-state index contributed by atoms with van der Waals surface area (Å²) in [5.74, 6) is 1.31. The van der Waals surface area contributed by atoms with Crippen LogP contribution in [0, 0.1) is 5.92 Å². The molecule has 0 spiro atoms. The molecule has 1 N–H and O–H groups in total. The molecule has 1 atom stereocenters. The van der Waals surface area contributed by atoms with Gasteiger partial charge in [-0.1, -0.05) is 29.8 Å². The molecule has 3 heterocycles. The molecule has 0 radical (unpaired) electrons. The van der Waals surface area contributed by atoms with E-state index < -0.39 is 0 Å². The highest BCUT2D eigenvalue weighted by molar-refractivity contribution is 6.30. The van der Waals surface area contributed by atoms with Gasteiger partial charge in [-0.05, 0) is 53.9 Å². The SMILES string of the molecule is O=C(NCc1ccc(-n2cnc3ccccc32)nc1)C1COc2ccc(Cl)cc2C1. The zero-order valence-corrected chi connectivity index (χ0v) is 16.8. The number of fused-ring (bicyclic) bond motifs is 2. The fourth-order valence-corrected chi connectivity index (χ4v) is 3.87. The number of para-hydroxylation sites is 2. The number of nitrogens with one attached hydrogen (secondary N) is 1. The van der Waals surface area contributed by atoms with Crippen molar-refractivity contribution in [2.75, 3.05) is 6.61 Å². The maximum Gasteiger partial charge on any atom is 0.227 e. The highest BCUT2D eigenvalue weighted by Gasteiger charge is 2.26. The second-order valence-corrected chi connectivity index (χ2v) is 7.75. The summed E-state index contributed by atoms with van der Waals surface area (Å²) >= 11 is 6.06. The third-order valence-electron chi connectivity index (χ3n) is 5.28. The fraction of sp³-hybridized carbons (Fsp3) is 0.174. The number of aromatic nitrogens is 3. The van der Waals surface area contributed by atoms with E-state index in [2.05, 4.69) is 15.3 Å². The lowest BCUT2D eigenvalue weighted by Crippen LogP contribution is -2.37. The Morgan fingerprint density at radius 2 is 2.07 bits per heavy atom. The molecular weight excluding hydrogens is 400 g/mol. The first-order valence-corrected chi connectivity index (χ1v) is 10.1. The maximum absolute atomic E-state index is 12.6. The van der Waals surface area contributed by atoms with Crippen molar-refractivity contribution < 1.29 is 9.53 Å². The van der Waals surface area contributed by atoms with E-state index in [9.17, 15) is 4.79 Å². The van der Waals surface area contributed by atoms with Crippen LogP contribution in [0.15, 0.2) is 67.1 Å². The Bertz CT molecular complexity index is 1220. The van der Waals surface area contributed by atoms with Gasteiger partial charge in [-0.15, -0.1) is 0 Å². The maximum atomic E-state index is 12.6. The molecule has 4 aromatic rings. The van der Waals surface area contributed by atoms with Gasteiger partial charge in [-0.25, -0.2) is 9.97 Å². The Balaban J connectivity index is 1.23. The molecule has 1 amide bonds. The number of benzene rings is 2. The lowest BCUT2D eigenvalue weighted by atomic mass is 9.96. The first kappa shape index (κ1) is 18.6. The Hall–Kier alpha value is -3.38. The molecule has 7 heteroatoms. The van der Waals surface area contributed by atoms with Gasteiger partial charge in [0.2, 0.25) is 5.91 Å². The second kappa shape index (κ2) is 7.80. The van der Waals surface area contributed by atoms with Gasteiger partial charge in [0.1, 0.15) is 24.5 Å². The molecule has 1 aliphatic rings. The lowest BCUT2D eigenvalue weighted by Gasteiger charge is -2.24. The number of pyridine rings is 1. The van der Waals surface area contributed by atoms with E-state index in [1.54, 1.807) is 18.6 Å². The fourth-order valence-electron chi connectivity index (χ4n) is 3.67. The molecular formula is C23H19ClN4O2. The zero-order valence-electron chi connectivity index (χ0n) is 16.1. The molecule has 0 aliphatic carbocycles. The van der Waals surface area contributed by atoms with Crippen molar-refractivity contribution in [1.82, 2.24) is 19.9 Å². The first-order valence-electron chi connectivity index (χ1n) is 9.74. The number of ether oxygens (including phenoxy) is 1. The largest absolute Gasteiger partial charge is 0.492 e. The average Bonchev–Trinajstić information content (AvgIpc) is 3.21. The molecule has 1 unspecified atom stereocenters. The van der Waals surface area contributed by atoms with Gasteiger partial charge in [0.05, 0.1) is 17.0 Å². The van der Waals surface area contributed by atoms with Crippen molar-refractivity contribution in [1.29, 1.82) is 0 Å². The zero-order chi connectivity index (χ0) is 20.5. The minimum absolute atomic E-state index is 0.0368. The number of amides is 1. The number of carbonyl (C=O) groups is 1. The van der Waals surface area contributed by atoms with Crippen LogP contribution >= 0.6 is 11.6 Å². The normalized spacial score (nSPS) is 15.4. The Kier molecular flexibility index (Phi) is 4.85. The summed E-state index contributed by atoms with van der Waals surface area (Å²) in [5, 5.41) is 3.64. The van der Waals surface area contributed by atoms with Crippen LogP contribution in [0.1, 0.15) is 11.1 Å². The van der Waals surface area contributed by atoms with Gasteiger partial charge in [0, 0.05) is 17.8 Å². The van der Waals surface area contributed by atoms with Crippen LogP contribution in [0.25, 0.3) is 16.9 Å². The van der Waals surface area contributed by atoms with E-state index in [4.69, 9.17) is 16.3 Å². The van der Waals surface area contributed by atoms with Gasteiger partial charge in [-0.3, -0.25) is 9.36 Å². The van der Waals surface area contributed by atoms with Gasteiger partial charge < -0.3 is 10.1 Å². The molecule has 1 aliphatic heterocycles. The molecule has 5 rings (SSSR count). The molecule has 150 valence electrons. The van der Waals surface area contributed by atoms with Crippen molar-refractivity contribution >= 4 is 28.5 Å². The van der Waals surface area contributed by atoms with Crippen LogP contribution in [-0.2, 0) is 17.8 Å². The monoisotopic (exact) mass is 418 g/mol. The molecule has 2 aromatic carbocycles. The first-order chi connectivity index (χ1) is 14.7. The number of imidazole rings is 1. The standard InChI is InChI=1S/C23H19ClN4O2/c24-18-6-7-21-16(10-18)9-17(13-30-21)23(29)26-12-15-5-8-22(25-11-15)28-14-27-19-3-1-2-4-20(19)28/h1-8,10-11,14,17H,9,12-13H2,(H,26,29). The molecule has 0 saturated heterocycles. The molecule has 0 fully saturated rings. The van der Waals surface area contributed by atoms with Gasteiger partial charge in [0.15, 0.2) is 0 Å². The topological polar surface area (TPSA) is 69.0 Å². The molecule has 6 nitrogen and oxygen atoms in total. The number of rotatable bonds is 4. The summed E-state index contributed by atoms with van der Waals surface area (Å²) in [6.45, 7) is 0.779. The smallest absolute Gasteiger partial charge is 0.227 e. The average molecular weight is 419 g/mol. The molecule has 0 saturated carbocycles. The number of halogens is 1. The van der Waals surface area contributed by atoms with E-state index in [0.717, 1.165) is 33.7 Å². The number of hydrogen-bond acceptors (Lipinski definition) is 4. The Labute approximate surface area is 178 Å². The van der Waals surface area contributed by atoms with Gasteiger partial charge in [-0.2, -0.15) is 0 Å². The van der Waals surface area contributed by atoms with Crippen molar-refractivity contribution in [3.05, 3.63) is 83.3 Å². The van der Waals surface area contributed by atoms with Crippen LogP contribution in [0.4, 0.5) is 0 Å². The summed E-state index contributed by atoms with van der Waals surface area (Å²) in [7, 11) is 0. The minimum Gasteiger partial charge on any atom is -0.492 e. The van der Waals surface area contributed by atoms with E-state index in [1.165, 1.54) is 0 Å². The van der Waals surface area contributed by atoms with Crippen LogP contribution in [0.3, 0.4) is 0 Å². The predicted octanol–water partition coefficient (Wildman–Crippen LogP) is 3.94. The number of carbonyl (C=O) groups excluding carboxylic acids is 1. The minimum atomic E-state index is -0.236. The highest BCUT2D eigenvalue weighted by Crippen LogP contribution is 2.29. The van der Waals surface area contributed by atoms with Gasteiger partial charge in [0.25, 0.3) is 0 Å². The number of nitrogens with zero attached hydrogens (tertiary/aromatic N) is 3. The van der Waals surface area contributed by atoms with Crippen LogP contribution in [-0.4, -0.2) is 27.0 Å². The summed E-state index contributed by atoms with van der Waals surface area (Å²) < 4.78 is 7.66. The summed E-state index contributed by atoms with van der Waals surface area (Å²) in [6, 6.07) is 17.3. The third kappa shape index (κ3) is 3.62. The van der Waals surface area contributed by atoms with Crippen molar-refractivity contribution in [2.45, 2.75) is 13.0 Å². The van der Waals surface area contributed by atoms with Crippen molar-refractivity contribution in [3.8, 4) is 11.6 Å². The molecule has 30 heavy (non-hydrogen) atoms. The Morgan fingerprint density at radius 1 is 1.17 bits per heavy atom. The molecule has 2 aromatic heterocycles. The highest BCUT2D eigenvalue weighted by atomic mass is 35.5.